The van der Waals surface area contributed by atoms with Crippen molar-refractivity contribution in [2.75, 3.05) is 30.7 Å². The monoisotopic (exact) mass is 311 g/mol. The van der Waals surface area contributed by atoms with Gasteiger partial charge in [0.25, 0.3) is 0 Å². The van der Waals surface area contributed by atoms with Gasteiger partial charge in [-0.2, -0.15) is 0 Å². The molecule has 1 aromatic carbocycles. The number of nitrogens with zero attached hydrogens (tertiary/aromatic N) is 1. The fourth-order valence-electron chi connectivity index (χ4n) is 2.77. The number of halogens is 1. The number of hydrogen-bond acceptors (Lipinski definition) is 4. The second-order valence-electron chi connectivity index (χ2n) is 5.58. The van der Waals surface area contributed by atoms with Gasteiger partial charge in [0.15, 0.2) is 0 Å². The van der Waals surface area contributed by atoms with Gasteiger partial charge in [-0.3, -0.25) is 9.69 Å². The lowest BCUT2D eigenvalue weighted by Gasteiger charge is -2.24. The van der Waals surface area contributed by atoms with Crippen LogP contribution in [0.2, 0.25) is 5.02 Å². The van der Waals surface area contributed by atoms with Crippen molar-refractivity contribution < 1.29 is 9.90 Å². The van der Waals surface area contributed by atoms with Gasteiger partial charge >= 0.3 is 0 Å². The van der Waals surface area contributed by atoms with Crippen LogP contribution in [0.1, 0.15) is 19.8 Å². The Labute approximate surface area is 130 Å². The van der Waals surface area contributed by atoms with Crippen molar-refractivity contribution in [1.29, 1.82) is 0 Å². The highest BCUT2D eigenvalue weighted by Crippen LogP contribution is 2.24. The lowest BCUT2D eigenvalue weighted by molar-refractivity contribution is -0.116. The van der Waals surface area contributed by atoms with E-state index in [0.29, 0.717) is 35.3 Å². The predicted octanol–water partition coefficient (Wildman–Crippen LogP) is 1.95. The summed E-state index contributed by atoms with van der Waals surface area (Å²) in [5.74, 6) is 0.394. The highest BCUT2D eigenvalue weighted by atomic mass is 35.5. The summed E-state index contributed by atoms with van der Waals surface area (Å²) in [6, 6.07) is 5.17. The number of anilines is 2. The van der Waals surface area contributed by atoms with Crippen molar-refractivity contribution in [1.82, 2.24) is 4.90 Å². The highest BCUT2D eigenvalue weighted by Gasteiger charge is 2.30. The molecule has 6 heteroatoms. The van der Waals surface area contributed by atoms with Crippen LogP contribution >= 0.6 is 11.6 Å². The number of carbonyl (C=O) groups is 1. The molecule has 2 unspecified atom stereocenters. The van der Waals surface area contributed by atoms with Gasteiger partial charge in [0.1, 0.15) is 0 Å². The first-order chi connectivity index (χ1) is 10.0. The Morgan fingerprint density at radius 3 is 3.00 bits per heavy atom. The molecule has 0 radical (unpaired) electrons. The van der Waals surface area contributed by atoms with Crippen LogP contribution in [0.25, 0.3) is 0 Å². The Hall–Kier alpha value is -1.30. The number of rotatable bonds is 5. The minimum atomic E-state index is -0.0831. The summed E-state index contributed by atoms with van der Waals surface area (Å²) in [6.07, 6.45) is 1.45. The van der Waals surface area contributed by atoms with Gasteiger partial charge in [-0.05, 0) is 37.1 Å². The zero-order valence-electron chi connectivity index (χ0n) is 12.2. The van der Waals surface area contributed by atoms with Crippen LogP contribution in [0.3, 0.4) is 0 Å². The average Bonchev–Trinajstić information content (AvgIpc) is 2.80. The summed E-state index contributed by atoms with van der Waals surface area (Å²) in [4.78, 5) is 14.2. The normalized spacial score (nSPS) is 22.4. The molecule has 1 heterocycles. The predicted molar refractivity (Wildman–Crippen MR) is 85.3 cm³/mol. The van der Waals surface area contributed by atoms with E-state index in [4.69, 9.17) is 17.3 Å². The standard InChI is InChI=1S/C15H22ClN3O2/c1-10-4-6-19(14(10)9-20)7-5-15(21)18-13-3-2-11(16)8-12(13)17/h2-3,8,10,14,20H,4-7,9,17H2,1H3,(H,18,21). The Morgan fingerprint density at radius 2 is 2.33 bits per heavy atom. The summed E-state index contributed by atoms with van der Waals surface area (Å²) >= 11 is 5.82. The number of aliphatic hydroxyl groups excluding tert-OH is 1. The maximum Gasteiger partial charge on any atom is 0.225 e. The molecule has 0 aliphatic carbocycles. The van der Waals surface area contributed by atoms with E-state index in [1.165, 1.54) is 0 Å². The molecule has 0 aromatic heterocycles. The van der Waals surface area contributed by atoms with E-state index in [1.807, 2.05) is 0 Å². The Balaban J connectivity index is 1.85. The number of benzene rings is 1. The molecule has 0 bridgehead atoms. The van der Waals surface area contributed by atoms with E-state index in [0.717, 1.165) is 13.0 Å². The maximum absolute atomic E-state index is 12.0. The van der Waals surface area contributed by atoms with Gasteiger partial charge in [0, 0.05) is 24.0 Å². The highest BCUT2D eigenvalue weighted by molar-refractivity contribution is 6.31. The number of amides is 1. The number of likely N-dealkylation sites (tertiary alicyclic amines) is 1. The number of carbonyl (C=O) groups excluding carboxylic acids is 1. The average molecular weight is 312 g/mol. The first-order valence-electron chi connectivity index (χ1n) is 7.21. The van der Waals surface area contributed by atoms with Crippen molar-refractivity contribution in [2.45, 2.75) is 25.8 Å². The van der Waals surface area contributed by atoms with Crippen molar-refractivity contribution in [3.8, 4) is 0 Å². The second kappa shape index (κ2) is 7.11. The molecule has 1 aliphatic rings. The third kappa shape index (κ3) is 4.09. The minimum Gasteiger partial charge on any atom is -0.397 e. The number of nitrogens with two attached hydrogens (primary N) is 1. The summed E-state index contributed by atoms with van der Waals surface area (Å²) < 4.78 is 0. The second-order valence-corrected chi connectivity index (χ2v) is 6.02. The third-order valence-electron chi connectivity index (χ3n) is 4.10. The molecular weight excluding hydrogens is 290 g/mol. The SMILES string of the molecule is CC1CCN(CCC(=O)Nc2ccc(Cl)cc2N)C1CO. The van der Waals surface area contributed by atoms with Crippen molar-refractivity contribution in [3.05, 3.63) is 23.2 Å². The van der Waals surface area contributed by atoms with Gasteiger partial charge in [-0.15, -0.1) is 0 Å². The van der Waals surface area contributed by atoms with Crippen LogP contribution in [0.15, 0.2) is 18.2 Å². The molecule has 1 aliphatic heterocycles. The molecule has 116 valence electrons. The number of hydrogen-bond donors (Lipinski definition) is 3. The first-order valence-corrected chi connectivity index (χ1v) is 7.59. The third-order valence-corrected chi connectivity index (χ3v) is 4.33. The zero-order chi connectivity index (χ0) is 15.4. The minimum absolute atomic E-state index is 0.0831. The fraction of sp³-hybridized carbons (Fsp3) is 0.533. The van der Waals surface area contributed by atoms with Gasteiger partial charge in [-0.1, -0.05) is 18.5 Å². The molecule has 0 saturated carbocycles. The van der Waals surface area contributed by atoms with Gasteiger partial charge in [-0.25, -0.2) is 0 Å². The summed E-state index contributed by atoms with van der Waals surface area (Å²) in [7, 11) is 0. The van der Waals surface area contributed by atoms with Gasteiger partial charge < -0.3 is 16.2 Å². The summed E-state index contributed by atoms with van der Waals surface area (Å²) in [5, 5.41) is 12.7. The van der Waals surface area contributed by atoms with Crippen molar-refractivity contribution in [3.63, 3.8) is 0 Å². The zero-order valence-corrected chi connectivity index (χ0v) is 12.9. The van der Waals surface area contributed by atoms with E-state index in [-0.39, 0.29) is 18.6 Å². The molecule has 1 amide bonds. The van der Waals surface area contributed by atoms with Gasteiger partial charge in [0.2, 0.25) is 5.91 Å². The molecule has 1 fully saturated rings. The van der Waals surface area contributed by atoms with Crippen LogP contribution in [-0.4, -0.2) is 41.7 Å². The van der Waals surface area contributed by atoms with Crippen LogP contribution in [0.5, 0.6) is 0 Å². The molecular formula is C15H22ClN3O2. The number of aliphatic hydroxyl groups is 1. The smallest absolute Gasteiger partial charge is 0.225 e. The number of nitrogens with one attached hydrogen (secondary N) is 1. The molecule has 0 spiro atoms. The van der Waals surface area contributed by atoms with Crippen molar-refractivity contribution in [2.24, 2.45) is 5.92 Å². The van der Waals surface area contributed by atoms with Crippen LogP contribution in [0.4, 0.5) is 11.4 Å². The molecule has 1 aromatic rings. The molecule has 2 atom stereocenters. The molecule has 2 rings (SSSR count). The molecule has 21 heavy (non-hydrogen) atoms. The van der Waals surface area contributed by atoms with Crippen molar-refractivity contribution >= 4 is 28.9 Å². The Kier molecular flexibility index (Phi) is 5.45. The largest absolute Gasteiger partial charge is 0.397 e. The lowest BCUT2D eigenvalue weighted by atomic mass is 10.0. The topological polar surface area (TPSA) is 78.6 Å². The van der Waals surface area contributed by atoms with E-state index in [9.17, 15) is 9.90 Å². The van der Waals surface area contributed by atoms with E-state index < -0.39 is 0 Å². The van der Waals surface area contributed by atoms with E-state index >= 15 is 0 Å². The number of nitrogen functional groups attached to an aromatic ring is 1. The molecule has 1 saturated heterocycles. The fourth-order valence-corrected chi connectivity index (χ4v) is 2.95. The van der Waals surface area contributed by atoms with E-state index in [2.05, 4.69) is 17.1 Å². The summed E-state index contributed by atoms with van der Waals surface area (Å²) in [5.41, 5.74) is 6.85. The van der Waals surface area contributed by atoms with Crippen LogP contribution < -0.4 is 11.1 Å². The Bertz CT molecular complexity index is 510. The van der Waals surface area contributed by atoms with E-state index in [1.54, 1.807) is 18.2 Å². The summed E-state index contributed by atoms with van der Waals surface area (Å²) in [6.45, 7) is 3.86. The Morgan fingerprint density at radius 1 is 1.57 bits per heavy atom. The van der Waals surface area contributed by atoms with Gasteiger partial charge in [0.05, 0.1) is 18.0 Å². The molecule has 4 N–H and O–H groups in total. The lowest BCUT2D eigenvalue weighted by Crippen LogP contribution is -2.37. The first kappa shape index (κ1) is 16.1. The molecule has 5 nitrogen and oxygen atoms in total. The van der Waals surface area contributed by atoms with Crippen LogP contribution in [0, 0.1) is 5.92 Å². The maximum atomic E-state index is 12.0. The van der Waals surface area contributed by atoms with Crippen LogP contribution in [-0.2, 0) is 4.79 Å². The quantitative estimate of drug-likeness (QED) is 0.726.